The Bertz CT molecular complexity index is 1380. The van der Waals surface area contributed by atoms with Crippen molar-refractivity contribution in [2.24, 2.45) is 17.2 Å². The monoisotopic (exact) mass is 466 g/mol. The van der Waals surface area contributed by atoms with Gasteiger partial charge in [0.2, 0.25) is 11.8 Å². The molecule has 13 heteroatoms. The van der Waals surface area contributed by atoms with E-state index in [-0.39, 0.29) is 33.3 Å². The molecule has 0 saturated carbocycles. The first kappa shape index (κ1) is 23.6. The molecule has 0 atom stereocenters. The molecule has 34 heavy (non-hydrogen) atoms. The lowest BCUT2D eigenvalue weighted by Crippen LogP contribution is -2.32. The van der Waals surface area contributed by atoms with E-state index in [1.165, 1.54) is 24.3 Å². The third-order valence-electron chi connectivity index (χ3n) is 4.53. The molecule has 0 fully saturated rings. The summed E-state index contributed by atoms with van der Waals surface area (Å²) in [6.07, 6.45) is 0. The van der Waals surface area contributed by atoms with Gasteiger partial charge in [-0.05, 0) is 24.3 Å². The largest absolute Gasteiger partial charge is 0.454 e. The summed E-state index contributed by atoms with van der Waals surface area (Å²) in [5, 5.41) is 6.52. The zero-order valence-electron chi connectivity index (χ0n) is 17.4. The quantitative estimate of drug-likeness (QED) is 0.297. The molecule has 2 aromatic carbocycles. The summed E-state index contributed by atoms with van der Waals surface area (Å²) in [5.74, 6) is -4.42. The van der Waals surface area contributed by atoms with Gasteiger partial charge in [-0.25, -0.2) is 4.68 Å². The second-order valence-corrected chi connectivity index (χ2v) is 6.96. The Morgan fingerprint density at radius 1 is 0.882 bits per heavy atom. The van der Waals surface area contributed by atoms with E-state index >= 15 is 0 Å². The molecule has 174 valence electrons. The molecule has 0 unspecified atom stereocenters. The average molecular weight is 466 g/mol. The number of carbonyl (C=O) groups is 5. The maximum absolute atomic E-state index is 12.6. The van der Waals surface area contributed by atoms with Crippen LogP contribution >= 0.6 is 0 Å². The zero-order valence-corrected chi connectivity index (χ0v) is 17.4. The minimum absolute atomic E-state index is 0.0182. The van der Waals surface area contributed by atoms with E-state index in [9.17, 15) is 28.8 Å². The number of nitrogens with two attached hydrogens (primary N) is 3. The summed E-state index contributed by atoms with van der Waals surface area (Å²) in [6.45, 7) is -1.46. The van der Waals surface area contributed by atoms with Gasteiger partial charge in [0, 0.05) is 22.2 Å². The van der Waals surface area contributed by atoms with Crippen molar-refractivity contribution >= 4 is 46.1 Å². The normalized spacial score (nSPS) is 10.5. The highest BCUT2D eigenvalue weighted by molar-refractivity contribution is 6.04. The number of nitrogens with one attached hydrogen (secondary N) is 1. The van der Waals surface area contributed by atoms with Crippen LogP contribution < -0.4 is 28.1 Å². The number of nitrogens with zero attached hydrogens (tertiary/aromatic N) is 2. The summed E-state index contributed by atoms with van der Waals surface area (Å²) in [5.41, 5.74) is 14.7. The highest BCUT2D eigenvalue weighted by Gasteiger charge is 2.17. The lowest BCUT2D eigenvalue weighted by atomic mass is 10.1. The molecule has 7 N–H and O–H groups in total. The number of carbonyl (C=O) groups excluding carboxylic acids is 5. The Labute approximate surface area is 190 Å². The molecule has 1 heterocycles. The summed E-state index contributed by atoms with van der Waals surface area (Å²) in [6, 6.07) is 9.68. The fourth-order valence-electron chi connectivity index (χ4n) is 3.02. The summed E-state index contributed by atoms with van der Waals surface area (Å²) in [4.78, 5) is 71.4. The van der Waals surface area contributed by atoms with E-state index in [1.54, 1.807) is 12.1 Å². The van der Waals surface area contributed by atoms with Gasteiger partial charge in [-0.3, -0.25) is 28.8 Å². The first-order valence-electron chi connectivity index (χ1n) is 9.56. The van der Waals surface area contributed by atoms with Gasteiger partial charge in [-0.2, -0.15) is 5.10 Å². The van der Waals surface area contributed by atoms with Crippen LogP contribution in [0, 0.1) is 0 Å². The van der Waals surface area contributed by atoms with Crippen molar-refractivity contribution in [3.8, 4) is 0 Å². The predicted octanol–water partition coefficient (Wildman–Crippen LogP) is -1.12. The maximum atomic E-state index is 12.6. The Balaban J connectivity index is 1.71. The molecule has 4 amide bonds. The van der Waals surface area contributed by atoms with Crippen LogP contribution in [0.4, 0.5) is 5.69 Å². The van der Waals surface area contributed by atoms with Gasteiger partial charge in [-0.1, -0.05) is 18.2 Å². The van der Waals surface area contributed by atoms with E-state index in [2.05, 4.69) is 10.4 Å². The van der Waals surface area contributed by atoms with Crippen LogP contribution in [0.15, 0.2) is 47.3 Å². The number of fused-ring (bicyclic) bond motifs is 1. The fraction of sp³-hybridized carbons (Fsp3) is 0.0952. The van der Waals surface area contributed by atoms with Crippen LogP contribution in [0.3, 0.4) is 0 Å². The van der Waals surface area contributed by atoms with Crippen molar-refractivity contribution in [1.82, 2.24) is 9.78 Å². The highest BCUT2D eigenvalue weighted by Crippen LogP contribution is 2.15. The predicted molar refractivity (Wildman–Crippen MR) is 118 cm³/mol. The Kier molecular flexibility index (Phi) is 6.66. The first-order valence-corrected chi connectivity index (χ1v) is 9.56. The van der Waals surface area contributed by atoms with Crippen LogP contribution in [0.2, 0.25) is 0 Å². The zero-order chi connectivity index (χ0) is 25.0. The van der Waals surface area contributed by atoms with Gasteiger partial charge in [0.05, 0.1) is 5.39 Å². The molecular weight excluding hydrogens is 448 g/mol. The van der Waals surface area contributed by atoms with Crippen molar-refractivity contribution < 1.29 is 28.7 Å². The smallest absolute Gasteiger partial charge is 0.328 e. The SMILES string of the molecule is NC(=O)c1cc(NC(=O)COC(=O)Cn2nc(C(N)=O)c3ccccc3c2=O)cc(C(N)=O)c1. The standard InChI is InChI=1S/C21H18N6O7/c22-18(30)10-5-11(19(23)31)7-12(6-10)25-15(28)9-34-16(29)8-27-21(33)14-4-2-1-3-13(14)17(26-27)20(24)32/h1-7H,8-9H2,(H2,22,30)(H2,23,31)(H2,24,32)(H,25,28). The van der Waals surface area contributed by atoms with E-state index in [0.717, 1.165) is 6.07 Å². The number of benzene rings is 2. The Morgan fingerprint density at radius 3 is 2.03 bits per heavy atom. The molecule has 0 aliphatic heterocycles. The minimum atomic E-state index is -1.00. The molecule has 0 radical (unpaired) electrons. The van der Waals surface area contributed by atoms with Gasteiger partial charge in [-0.15, -0.1) is 0 Å². The second-order valence-electron chi connectivity index (χ2n) is 6.96. The van der Waals surface area contributed by atoms with Crippen LogP contribution in [0.5, 0.6) is 0 Å². The van der Waals surface area contributed by atoms with E-state index in [0.29, 0.717) is 4.68 Å². The number of anilines is 1. The van der Waals surface area contributed by atoms with Gasteiger partial charge in [0.1, 0.15) is 6.54 Å². The number of primary amides is 3. The van der Waals surface area contributed by atoms with E-state index in [1.807, 2.05) is 0 Å². The second kappa shape index (κ2) is 9.60. The molecule has 13 nitrogen and oxygen atoms in total. The van der Waals surface area contributed by atoms with Gasteiger partial charge in [0.15, 0.2) is 12.3 Å². The van der Waals surface area contributed by atoms with Crippen LogP contribution in [-0.2, 0) is 20.9 Å². The van der Waals surface area contributed by atoms with Gasteiger partial charge < -0.3 is 27.3 Å². The number of esters is 1. The molecular formula is C21H18N6O7. The number of ether oxygens (including phenoxy) is 1. The van der Waals surface area contributed by atoms with Crippen molar-refractivity contribution in [2.45, 2.75) is 6.54 Å². The Hall–Kier alpha value is -5.07. The van der Waals surface area contributed by atoms with Crippen molar-refractivity contribution in [3.63, 3.8) is 0 Å². The number of hydrogen-bond donors (Lipinski definition) is 4. The molecule has 0 bridgehead atoms. The van der Waals surface area contributed by atoms with Crippen molar-refractivity contribution in [1.29, 1.82) is 0 Å². The Morgan fingerprint density at radius 2 is 1.47 bits per heavy atom. The molecule has 1 aromatic heterocycles. The minimum Gasteiger partial charge on any atom is -0.454 e. The summed E-state index contributed by atoms with van der Waals surface area (Å²) in [7, 11) is 0. The van der Waals surface area contributed by atoms with Crippen LogP contribution in [0.1, 0.15) is 31.2 Å². The van der Waals surface area contributed by atoms with E-state index in [4.69, 9.17) is 21.9 Å². The topological polar surface area (TPSA) is 220 Å². The summed E-state index contributed by atoms with van der Waals surface area (Å²) >= 11 is 0. The first-order chi connectivity index (χ1) is 16.1. The van der Waals surface area contributed by atoms with Crippen LogP contribution in [0.25, 0.3) is 10.8 Å². The molecule has 0 aliphatic carbocycles. The summed E-state index contributed by atoms with van der Waals surface area (Å²) < 4.78 is 5.56. The average Bonchev–Trinajstić information content (AvgIpc) is 2.79. The third-order valence-corrected chi connectivity index (χ3v) is 4.53. The molecule has 3 rings (SSSR count). The third kappa shape index (κ3) is 5.21. The number of rotatable bonds is 8. The maximum Gasteiger partial charge on any atom is 0.328 e. The molecule has 0 saturated heterocycles. The molecule has 0 spiro atoms. The van der Waals surface area contributed by atoms with Gasteiger partial charge >= 0.3 is 5.97 Å². The van der Waals surface area contributed by atoms with E-state index < -0.39 is 48.3 Å². The lowest BCUT2D eigenvalue weighted by Gasteiger charge is -2.10. The van der Waals surface area contributed by atoms with Crippen molar-refractivity contribution in [2.75, 3.05) is 11.9 Å². The van der Waals surface area contributed by atoms with Crippen LogP contribution in [-0.4, -0.2) is 46.0 Å². The highest BCUT2D eigenvalue weighted by atomic mass is 16.5. The number of hydrogen-bond acceptors (Lipinski definition) is 8. The molecule has 0 aliphatic rings. The van der Waals surface area contributed by atoms with Crippen molar-refractivity contribution in [3.05, 3.63) is 69.6 Å². The van der Waals surface area contributed by atoms with Gasteiger partial charge in [0.25, 0.3) is 17.4 Å². The fourth-order valence-corrected chi connectivity index (χ4v) is 3.02. The lowest BCUT2D eigenvalue weighted by molar-refractivity contribution is -0.148. The number of amides is 4. The number of aromatic nitrogens is 2. The molecule has 3 aromatic rings.